The molecule has 0 amide bonds. The lowest BCUT2D eigenvalue weighted by atomic mass is 10.3. The molecule has 1 aromatic carbocycles. The molecular weight excluding hydrogens is 379 g/mol. The third kappa shape index (κ3) is 3.52. The van der Waals surface area contributed by atoms with E-state index in [9.17, 15) is 13.2 Å². The first kappa shape index (κ1) is 18.2. The van der Waals surface area contributed by atoms with Crippen LogP contribution in [0.4, 0.5) is 5.69 Å². The lowest BCUT2D eigenvalue weighted by Gasteiger charge is -2.12. The number of aromatic nitrogens is 2. The molecule has 0 aliphatic rings. The zero-order valence-corrected chi connectivity index (χ0v) is 14.4. The van der Waals surface area contributed by atoms with Gasteiger partial charge in [0, 0.05) is 5.69 Å². The molecule has 0 radical (unpaired) electrons. The normalized spacial score (nSPS) is 11.2. The number of carboxylic acid groups (broad SMARTS) is 1. The highest BCUT2D eigenvalue weighted by atomic mass is 35.5. The maximum Gasteiger partial charge on any atom is 0.318 e. The van der Waals surface area contributed by atoms with Crippen molar-refractivity contribution in [2.45, 2.75) is 11.8 Å². The second kappa shape index (κ2) is 6.78. The number of hydrogen-bond acceptors (Lipinski definition) is 4. The molecule has 11 heteroatoms. The molecule has 0 spiro atoms. The van der Waals surface area contributed by atoms with Crippen LogP contribution in [-0.2, 0) is 14.8 Å². The Morgan fingerprint density at radius 3 is 2.62 bits per heavy atom. The highest BCUT2D eigenvalue weighted by Gasteiger charge is 2.22. The lowest BCUT2D eigenvalue weighted by Crippen LogP contribution is -2.29. The Hall–Kier alpha value is -2.12. The highest BCUT2D eigenvalue weighted by Crippen LogP contribution is 2.32. The van der Waals surface area contributed by atoms with Gasteiger partial charge in [-0.25, -0.2) is 17.9 Å². The summed E-state index contributed by atoms with van der Waals surface area (Å²) >= 11 is 12.1. The predicted octanol–water partition coefficient (Wildman–Crippen LogP) is 2.40. The van der Waals surface area contributed by atoms with Crippen molar-refractivity contribution in [3.05, 3.63) is 45.5 Å². The van der Waals surface area contributed by atoms with Crippen LogP contribution in [-0.4, -0.2) is 35.8 Å². The third-order valence-corrected chi connectivity index (χ3v) is 5.21. The molecule has 24 heavy (non-hydrogen) atoms. The van der Waals surface area contributed by atoms with Crippen LogP contribution < -0.4 is 4.72 Å². The number of sulfonamides is 1. The van der Waals surface area contributed by atoms with Crippen LogP contribution in [0.15, 0.2) is 23.2 Å². The van der Waals surface area contributed by atoms with Gasteiger partial charge in [-0.2, -0.15) is 9.82 Å². The molecule has 1 heterocycles. The molecule has 2 rings (SSSR count). The topological polar surface area (TPSA) is 106 Å². The second-order valence-electron chi connectivity index (χ2n) is 4.59. The first-order valence-electron chi connectivity index (χ1n) is 6.30. The second-order valence-corrected chi connectivity index (χ2v) is 7.14. The number of nitrogens with zero attached hydrogens (tertiary/aromatic N) is 3. The first-order valence-corrected chi connectivity index (χ1v) is 8.54. The van der Waals surface area contributed by atoms with E-state index in [2.05, 4.69) is 9.94 Å². The Morgan fingerprint density at radius 2 is 2.08 bits per heavy atom. The summed E-state index contributed by atoms with van der Waals surface area (Å²) in [6.45, 7) is 7.90. The molecule has 0 saturated heterocycles. The fraction of sp³-hybridized carbons (Fsp3) is 0.154. The smallest absolute Gasteiger partial charge is 0.318 e. The van der Waals surface area contributed by atoms with Gasteiger partial charge in [-0.3, -0.25) is 4.79 Å². The van der Waals surface area contributed by atoms with Crippen LogP contribution in [0.3, 0.4) is 0 Å². The molecule has 2 N–H and O–H groups in total. The van der Waals surface area contributed by atoms with E-state index in [0.717, 1.165) is 6.07 Å². The Bertz CT molecular complexity index is 963. The summed E-state index contributed by atoms with van der Waals surface area (Å²) in [5.74, 6) is -1.34. The minimum atomic E-state index is -4.14. The van der Waals surface area contributed by atoms with Gasteiger partial charge in [0.05, 0.1) is 28.5 Å². The van der Waals surface area contributed by atoms with E-state index in [1.807, 2.05) is 4.72 Å². The molecule has 2 aromatic rings. The minimum absolute atomic E-state index is 0.0258. The van der Waals surface area contributed by atoms with Crippen LogP contribution in [0.25, 0.3) is 10.5 Å². The van der Waals surface area contributed by atoms with Gasteiger partial charge >= 0.3 is 5.97 Å². The molecule has 0 unspecified atom stereocenters. The van der Waals surface area contributed by atoms with Gasteiger partial charge in [-0.05, 0) is 19.1 Å². The van der Waals surface area contributed by atoms with Crippen LogP contribution in [0, 0.1) is 13.5 Å². The molecule has 0 fully saturated rings. The van der Waals surface area contributed by atoms with E-state index in [0.29, 0.717) is 17.1 Å². The zero-order valence-electron chi connectivity index (χ0n) is 12.1. The van der Waals surface area contributed by atoms with Gasteiger partial charge in [-0.15, -0.1) is 0 Å². The van der Waals surface area contributed by atoms with Crippen molar-refractivity contribution in [2.75, 3.05) is 6.54 Å². The van der Waals surface area contributed by atoms with E-state index < -0.39 is 22.5 Å². The number of nitrogens with one attached hydrogen (secondary N) is 1. The van der Waals surface area contributed by atoms with Gasteiger partial charge in [0.1, 0.15) is 11.4 Å². The summed E-state index contributed by atoms with van der Waals surface area (Å²) in [5, 5.41) is 12.5. The summed E-state index contributed by atoms with van der Waals surface area (Å²) in [7, 11) is -4.14. The van der Waals surface area contributed by atoms with Crippen LogP contribution >= 0.6 is 23.2 Å². The van der Waals surface area contributed by atoms with Gasteiger partial charge < -0.3 is 5.11 Å². The summed E-state index contributed by atoms with van der Waals surface area (Å²) in [5.41, 5.74) is 1.14. The predicted molar refractivity (Wildman–Crippen MR) is 87.4 cm³/mol. The van der Waals surface area contributed by atoms with Crippen molar-refractivity contribution >= 4 is 44.9 Å². The van der Waals surface area contributed by atoms with Crippen molar-refractivity contribution in [1.29, 1.82) is 0 Å². The monoisotopic (exact) mass is 388 g/mol. The van der Waals surface area contributed by atoms with Gasteiger partial charge in [0.25, 0.3) is 0 Å². The van der Waals surface area contributed by atoms with Crippen LogP contribution in [0.5, 0.6) is 0 Å². The number of carboxylic acids is 1. The molecule has 0 atom stereocenters. The first-order chi connectivity index (χ1) is 11.2. The van der Waals surface area contributed by atoms with E-state index in [1.54, 1.807) is 6.92 Å². The van der Waals surface area contributed by atoms with Crippen molar-refractivity contribution in [3.8, 4) is 5.69 Å². The summed E-state index contributed by atoms with van der Waals surface area (Å²) < 4.78 is 27.4. The largest absolute Gasteiger partial charge is 0.480 e. The number of rotatable bonds is 5. The van der Waals surface area contributed by atoms with E-state index in [1.165, 1.54) is 16.9 Å². The maximum atomic E-state index is 12.1. The van der Waals surface area contributed by atoms with Crippen molar-refractivity contribution in [3.63, 3.8) is 0 Å². The average Bonchev–Trinajstić information content (AvgIpc) is 2.88. The van der Waals surface area contributed by atoms with Crippen LogP contribution in [0.1, 0.15) is 5.69 Å². The van der Waals surface area contributed by atoms with E-state index in [-0.39, 0.29) is 14.9 Å². The number of halogens is 2. The SMILES string of the molecule is [C-]#[N+]c1cnn(-c2cc(Cl)c(S(=O)(=O)NCC(=O)O)cc2Cl)c1C. The molecule has 0 aliphatic carbocycles. The maximum absolute atomic E-state index is 12.1. The molecule has 0 saturated carbocycles. The molecular formula is C13H10Cl2N4O4S. The fourth-order valence-electron chi connectivity index (χ4n) is 1.87. The lowest BCUT2D eigenvalue weighted by molar-refractivity contribution is -0.135. The summed E-state index contributed by atoms with van der Waals surface area (Å²) in [4.78, 5) is 13.5. The van der Waals surface area contributed by atoms with Crippen molar-refractivity contribution in [2.24, 2.45) is 0 Å². The van der Waals surface area contributed by atoms with Crippen LogP contribution in [0.2, 0.25) is 10.0 Å². The average molecular weight is 389 g/mol. The Morgan fingerprint density at radius 1 is 1.42 bits per heavy atom. The van der Waals surface area contributed by atoms with Gasteiger partial charge in [0.15, 0.2) is 0 Å². The quantitative estimate of drug-likeness (QED) is 0.764. The van der Waals surface area contributed by atoms with Crippen molar-refractivity contribution in [1.82, 2.24) is 14.5 Å². The minimum Gasteiger partial charge on any atom is -0.480 e. The van der Waals surface area contributed by atoms with Crippen molar-refractivity contribution < 1.29 is 18.3 Å². The molecule has 0 aliphatic heterocycles. The molecule has 1 aromatic heterocycles. The molecule has 126 valence electrons. The number of carbonyl (C=O) groups is 1. The zero-order chi connectivity index (χ0) is 18.1. The number of hydrogen-bond donors (Lipinski definition) is 2. The molecule has 0 bridgehead atoms. The Balaban J connectivity index is 2.51. The Labute approximate surface area is 147 Å². The van der Waals surface area contributed by atoms with E-state index >= 15 is 0 Å². The Kier molecular flexibility index (Phi) is 5.15. The number of aliphatic carboxylic acids is 1. The number of benzene rings is 1. The van der Waals surface area contributed by atoms with Gasteiger partial charge in [-0.1, -0.05) is 23.2 Å². The summed E-state index contributed by atoms with van der Waals surface area (Å²) in [6, 6.07) is 2.38. The van der Waals surface area contributed by atoms with Gasteiger partial charge in [0.2, 0.25) is 15.7 Å². The highest BCUT2D eigenvalue weighted by molar-refractivity contribution is 7.89. The molecule has 8 nitrogen and oxygen atoms in total. The van der Waals surface area contributed by atoms with E-state index in [4.69, 9.17) is 34.9 Å². The fourth-order valence-corrected chi connectivity index (χ4v) is 3.70. The summed E-state index contributed by atoms with van der Waals surface area (Å²) in [6.07, 6.45) is 1.35. The third-order valence-electron chi connectivity index (χ3n) is 3.04. The standard InChI is InChI=1S/C13H10Cl2N4O4S/c1-7-10(16-2)5-17-19(7)11-3-9(15)12(4-8(11)14)24(22,23)18-6-13(20)21/h3-5,18H,6H2,1H3,(H,20,21).